The van der Waals surface area contributed by atoms with Crippen LogP contribution in [0.2, 0.25) is 0 Å². The fourth-order valence-corrected chi connectivity index (χ4v) is 3.78. The third-order valence-electron chi connectivity index (χ3n) is 5.22. The molecule has 3 rings (SSSR count). The minimum atomic E-state index is -0.177. The highest BCUT2D eigenvalue weighted by Crippen LogP contribution is 2.23. The normalized spacial score (nSPS) is 21.8. The second kappa shape index (κ2) is 7.34. The van der Waals surface area contributed by atoms with Crippen LogP contribution in [0, 0.1) is 5.92 Å². The van der Waals surface area contributed by atoms with E-state index in [0.29, 0.717) is 19.6 Å². The highest BCUT2D eigenvalue weighted by atomic mass is 16.2. The predicted molar refractivity (Wildman–Crippen MR) is 94.0 cm³/mol. The van der Waals surface area contributed by atoms with Crippen LogP contribution in [-0.2, 0) is 17.6 Å². The zero-order valence-electron chi connectivity index (χ0n) is 14.7. The summed E-state index contributed by atoms with van der Waals surface area (Å²) in [5, 5.41) is 2.72. The molecule has 0 saturated carbocycles. The number of nitrogens with one attached hydrogen (secondary N) is 1. The Morgan fingerprint density at radius 1 is 1.08 bits per heavy atom. The van der Waals surface area contributed by atoms with Crippen LogP contribution in [0.3, 0.4) is 0 Å². The second-order valence-corrected chi connectivity index (χ2v) is 7.02. The molecule has 2 aliphatic rings. The van der Waals surface area contributed by atoms with E-state index < -0.39 is 0 Å². The first kappa shape index (κ1) is 17.0. The molecule has 1 saturated heterocycles. The van der Waals surface area contributed by atoms with Gasteiger partial charge in [0, 0.05) is 38.8 Å². The number of likely N-dealkylation sites (N-methyl/N-ethyl adjacent to an activating group) is 1. The summed E-state index contributed by atoms with van der Waals surface area (Å²) in [6.07, 6.45) is 4.64. The van der Waals surface area contributed by atoms with Crippen molar-refractivity contribution in [1.82, 2.24) is 15.1 Å². The molecular weight excluding hydrogens is 302 g/mol. The van der Waals surface area contributed by atoms with Crippen molar-refractivity contribution < 1.29 is 9.59 Å². The number of amides is 2. The first-order valence-electron chi connectivity index (χ1n) is 8.89. The van der Waals surface area contributed by atoms with Gasteiger partial charge in [-0.1, -0.05) is 6.07 Å². The van der Waals surface area contributed by atoms with Crippen LogP contribution in [0.5, 0.6) is 0 Å². The van der Waals surface area contributed by atoms with Crippen LogP contribution in [0.1, 0.15) is 34.3 Å². The summed E-state index contributed by atoms with van der Waals surface area (Å²) in [6.45, 7) is 2.64. The minimum absolute atomic E-state index is 0.00647. The number of nitrogens with zero attached hydrogens (tertiary/aromatic N) is 2. The number of rotatable bonds is 2. The molecule has 24 heavy (non-hydrogen) atoms. The Morgan fingerprint density at radius 3 is 2.58 bits per heavy atom. The lowest BCUT2D eigenvalue weighted by molar-refractivity contribution is -0.125. The fraction of sp³-hybridized carbons (Fsp3) is 0.579. The Bertz CT molecular complexity index is 629. The number of hydrogen-bond acceptors (Lipinski definition) is 3. The Hall–Kier alpha value is -1.88. The maximum absolute atomic E-state index is 13.0. The molecule has 5 nitrogen and oxygen atoms in total. The monoisotopic (exact) mass is 329 g/mol. The van der Waals surface area contributed by atoms with Gasteiger partial charge in [0.05, 0.1) is 5.92 Å². The summed E-state index contributed by atoms with van der Waals surface area (Å²) in [6, 6.07) is 6.14. The van der Waals surface area contributed by atoms with E-state index in [-0.39, 0.29) is 17.7 Å². The summed E-state index contributed by atoms with van der Waals surface area (Å²) in [5.74, 6) is -0.122. The molecule has 1 atom stereocenters. The van der Waals surface area contributed by atoms with Gasteiger partial charge in [0.15, 0.2) is 0 Å². The van der Waals surface area contributed by atoms with Gasteiger partial charge in [-0.2, -0.15) is 0 Å². The van der Waals surface area contributed by atoms with Crippen molar-refractivity contribution in [2.45, 2.75) is 25.7 Å². The van der Waals surface area contributed by atoms with Crippen molar-refractivity contribution in [1.29, 1.82) is 0 Å². The summed E-state index contributed by atoms with van der Waals surface area (Å²) >= 11 is 0. The molecule has 0 spiro atoms. The molecule has 1 unspecified atom stereocenters. The van der Waals surface area contributed by atoms with Gasteiger partial charge in [-0.3, -0.25) is 9.59 Å². The third-order valence-corrected chi connectivity index (χ3v) is 5.22. The van der Waals surface area contributed by atoms with Crippen molar-refractivity contribution >= 4 is 11.8 Å². The fourth-order valence-electron chi connectivity index (χ4n) is 3.78. The van der Waals surface area contributed by atoms with Crippen LogP contribution in [0.25, 0.3) is 0 Å². The zero-order chi connectivity index (χ0) is 17.1. The summed E-state index contributed by atoms with van der Waals surface area (Å²) in [4.78, 5) is 29.0. The second-order valence-electron chi connectivity index (χ2n) is 7.02. The molecule has 2 amide bonds. The van der Waals surface area contributed by atoms with E-state index >= 15 is 0 Å². The van der Waals surface area contributed by atoms with Gasteiger partial charge in [0.2, 0.25) is 5.91 Å². The molecule has 1 aliphatic heterocycles. The average molecular weight is 329 g/mol. The number of aryl methyl sites for hydroxylation is 2. The third kappa shape index (κ3) is 3.61. The first-order chi connectivity index (χ1) is 11.6. The van der Waals surface area contributed by atoms with Crippen LogP contribution in [0.15, 0.2) is 18.2 Å². The first-order valence-corrected chi connectivity index (χ1v) is 8.89. The lowest BCUT2D eigenvalue weighted by Crippen LogP contribution is -2.41. The molecule has 1 aromatic carbocycles. The Balaban J connectivity index is 1.79. The molecule has 1 aromatic rings. The maximum Gasteiger partial charge on any atom is 0.253 e. The highest BCUT2D eigenvalue weighted by Gasteiger charge is 2.29. The van der Waals surface area contributed by atoms with Gasteiger partial charge in [-0.05, 0) is 56.0 Å². The number of benzene rings is 1. The van der Waals surface area contributed by atoms with Crippen LogP contribution >= 0.6 is 0 Å². The quantitative estimate of drug-likeness (QED) is 0.890. The molecule has 0 radical (unpaired) electrons. The maximum atomic E-state index is 13.0. The van der Waals surface area contributed by atoms with Gasteiger partial charge < -0.3 is 15.1 Å². The molecule has 1 N–H and O–H groups in total. The molecule has 0 bridgehead atoms. The zero-order valence-corrected chi connectivity index (χ0v) is 14.7. The summed E-state index contributed by atoms with van der Waals surface area (Å²) in [7, 11) is 3.66. The van der Waals surface area contributed by atoms with Gasteiger partial charge in [-0.25, -0.2) is 0 Å². The van der Waals surface area contributed by atoms with Crippen molar-refractivity contribution in [2.75, 3.05) is 40.3 Å². The molecule has 130 valence electrons. The number of carbonyl (C=O) groups is 2. The van der Waals surface area contributed by atoms with E-state index in [1.807, 2.05) is 18.0 Å². The van der Waals surface area contributed by atoms with Gasteiger partial charge in [0.1, 0.15) is 0 Å². The topological polar surface area (TPSA) is 52.7 Å². The van der Waals surface area contributed by atoms with E-state index in [0.717, 1.165) is 24.9 Å². The predicted octanol–water partition coefficient (Wildman–Crippen LogP) is 1.32. The van der Waals surface area contributed by atoms with Gasteiger partial charge in [0.25, 0.3) is 5.91 Å². The minimum Gasteiger partial charge on any atom is -0.359 e. The number of hydrogen-bond donors (Lipinski definition) is 1. The average Bonchev–Trinajstić information content (AvgIpc) is 2.81. The number of carbonyl (C=O) groups excluding carboxylic acids is 2. The van der Waals surface area contributed by atoms with Crippen LogP contribution < -0.4 is 5.32 Å². The lowest BCUT2D eigenvalue weighted by Gasteiger charge is -2.24. The molecule has 1 fully saturated rings. The van der Waals surface area contributed by atoms with Gasteiger partial charge >= 0.3 is 0 Å². The van der Waals surface area contributed by atoms with Crippen LogP contribution in [0.4, 0.5) is 0 Å². The molecule has 5 heteroatoms. The van der Waals surface area contributed by atoms with Crippen molar-refractivity contribution in [3.63, 3.8) is 0 Å². The van der Waals surface area contributed by atoms with E-state index in [2.05, 4.69) is 22.3 Å². The van der Waals surface area contributed by atoms with E-state index in [1.165, 1.54) is 24.0 Å². The Labute approximate surface area is 144 Å². The Kier molecular flexibility index (Phi) is 5.19. The van der Waals surface area contributed by atoms with Crippen molar-refractivity contribution in [3.8, 4) is 0 Å². The largest absolute Gasteiger partial charge is 0.359 e. The van der Waals surface area contributed by atoms with Gasteiger partial charge in [-0.15, -0.1) is 0 Å². The van der Waals surface area contributed by atoms with Crippen molar-refractivity contribution in [2.24, 2.45) is 5.92 Å². The molecule has 1 heterocycles. The summed E-state index contributed by atoms with van der Waals surface area (Å²) in [5.41, 5.74) is 3.47. The standard InChI is InChI=1S/C19H27N3O2/c1-20-18(23)17-12-21(2)9-10-22(13-17)19(24)16-8-7-14-5-3-4-6-15(14)11-16/h7-8,11,17H,3-6,9-10,12-13H2,1-2H3,(H,20,23). The van der Waals surface area contributed by atoms with E-state index in [1.54, 1.807) is 7.05 Å². The summed E-state index contributed by atoms with van der Waals surface area (Å²) < 4.78 is 0. The van der Waals surface area contributed by atoms with Crippen LogP contribution in [-0.4, -0.2) is 61.9 Å². The highest BCUT2D eigenvalue weighted by molar-refractivity contribution is 5.95. The molecular formula is C19H27N3O2. The molecule has 1 aliphatic carbocycles. The number of fused-ring (bicyclic) bond motifs is 1. The van der Waals surface area contributed by atoms with E-state index in [4.69, 9.17) is 0 Å². The lowest BCUT2D eigenvalue weighted by atomic mass is 9.90. The SMILES string of the molecule is CNC(=O)C1CN(C)CCN(C(=O)c2ccc3c(c2)CCCC3)C1. The van der Waals surface area contributed by atoms with Crippen molar-refractivity contribution in [3.05, 3.63) is 34.9 Å². The van der Waals surface area contributed by atoms with E-state index in [9.17, 15) is 9.59 Å². The molecule has 0 aromatic heterocycles. The smallest absolute Gasteiger partial charge is 0.253 e. The Morgan fingerprint density at radius 2 is 1.83 bits per heavy atom.